The van der Waals surface area contributed by atoms with Crippen molar-refractivity contribution in [2.24, 2.45) is 0 Å². The van der Waals surface area contributed by atoms with Gasteiger partial charge in [0.15, 0.2) is 12.6 Å². The summed E-state index contributed by atoms with van der Waals surface area (Å²) in [6.45, 7) is 2.70. The van der Waals surface area contributed by atoms with Crippen LogP contribution in [0.5, 0.6) is 0 Å². The Balaban J connectivity index is 1.84. The zero-order chi connectivity index (χ0) is 46.1. The average molecular weight is 898 g/mol. The number of ether oxygens (including phenoxy) is 4. The molecule has 14 nitrogen and oxygen atoms in total. The number of carbonyl (C=O) groups excluding carboxylic acids is 1. The predicted molar refractivity (Wildman–Crippen MR) is 244 cm³/mol. The van der Waals surface area contributed by atoms with Crippen molar-refractivity contribution < 1.29 is 64.6 Å². The van der Waals surface area contributed by atoms with Crippen molar-refractivity contribution in [3.63, 3.8) is 0 Å². The van der Waals surface area contributed by atoms with E-state index in [0.717, 1.165) is 70.6 Å². The van der Waals surface area contributed by atoms with Crippen molar-refractivity contribution >= 4 is 5.91 Å². The third kappa shape index (κ3) is 23.8. The van der Waals surface area contributed by atoms with Gasteiger partial charge >= 0.3 is 0 Å². The number of aliphatic hydroxyl groups excluding tert-OH is 8. The Bertz CT molecular complexity index is 1250. The second-order valence-electron chi connectivity index (χ2n) is 17.2. The van der Waals surface area contributed by atoms with Crippen LogP contribution in [0.3, 0.4) is 0 Å². The van der Waals surface area contributed by atoms with Crippen molar-refractivity contribution in [2.45, 2.75) is 235 Å². The van der Waals surface area contributed by atoms with Crippen LogP contribution in [0, 0.1) is 0 Å². The maximum atomic E-state index is 13.1. The third-order valence-corrected chi connectivity index (χ3v) is 11.8. The van der Waals surface area contributed by atoms with E-state index in [1.165, 1.54) is 64.2 Å². The summed E-state index contributed by atoms with van der Waals surface area (Å²) in [5.74, 6) is -0.257. The molecule has 366 valence electrons. The Hall–Kier alpha value is -2.05. The van der Waals surface area contributed by atoms with Gasteiger partial charge in [-0.1, -0.05) is 146 Å². The predicted octanol–water partition coefficient (Wildman–Crippen LogP) is 5.71. The number of rotatable bonds is 36. The minimum atomic E-state index is -1.79. The molecule has 2 fully saturated rings. The van der Waals surface area contributed by atoms with Gasteiger partial charge in [-0.05, 0) is 57.8 Å². The van der Waals surface area contributed by atoms with E-state index < -0.39 is 86.8 Å². The molecule has 0 aromatic heterocycles. The molecule has 0 aliphatic carbocycles. The number of hydrogen-bond donors (Lipinski definition) is 9. The van der Waals surface area contributed by atoms with E-state index >= 15 is 0 Å². The number of allylic oxidation sites excluding steroid dienone is 7. The van der Waals surface area contributed by atoms with E-state index in [4.69, 9.17) is 18.9 Å². The Morgan fingerprint density at radius 3 is 1.63 bits per heavy atom. The molecule has 0 bridgehead atoms. The molecule has 0 aromatic rings. The van der Waals surface area contributed by atoms with Gasteiger partial charge < -0.3 is 65.1 Å². The van der Waals surface area contributed by atoms with Gasteiger partial charge in [-0.3, -0.25) is 4.79 Å². The summed E-state index contributed by atoms with van der Waals surface area (Å²) >= 11 is 0. The van der Waals surface area contributed by atoms with Gasteiger partial charge in [0.1, 0.15) is 48.8 Å². The van der Waals surface area contributed by atoms with Gasteiger partial charge in [0, 0.05) is 6.42 Å². The number of carbonyl (C=O) groups is 1. The molecular formula is C49H87NO13. The Kier molecular flexibility index (Phi) is 32.7. The zero-order valence-electron chi connectivity index (χ0n) is 38.6. The lowest BCUT2D eigenvalue weighted by Gasteiger charge is -2.46. The highest BCUT2D eigenvalue weighted by Crippen LogP contribution is 2.30. The Morgan fingerprint density at radius 1 is 0.571 bits per heavy atom. The summed E-state index contributed by atoms with van der Waals surface area (Å²) < 4.78 is 22.6. The first-order valence-corrected chi connectivity index (χ1v) is 24.4. The van der Waals surface area contributed by atoms with Gasteiger partial charge in [-0.15, -0.1) is 0 Å². The molecule has 2 rings (SSSR count). The molecule has 0 spiro atoms. The van der Waals surface area contributed by atoms with Crippen LogP contribution in [0.15, 0.2) is 48.6 Å². The van der Waals surface area contributed by atoms with Crippen molar-refractivity contribution in [2.75, 3.05) is 19.8 Å². The largest absolute Gasteiger partial charge is 0.394 e. The lowest BCUT2D eigenvalue weighted by Crippen LogP contribution is -2.65. The molecule has 2 aliphatic heterocycles. The zero-order valence-corrected chi connectivity index (χ0v) is 38.6. The van der Waals surface area contributed by atoms with Crippen LogP contribution in [-0.4, -0.2) is 140 Å². The summed E-state index contributed by atoms with van der Waals surface area (Å²) in [5, 5.41) is 86.5. The smallest absolute Gasteiger partial charge is 0.220 e. The van der Waals surface area contributed by atoms with Crippen molar-refractivity contribution in [3.05, 3.63) is 48.6 Å². The molecule has 12 unspecified atom stereocenters. The normalized spacial score (nSPS) is 27.9. The van der Waals surface area contributed by atoms with Crippen LogP contribution in [0.1, 0.15) is 162 Å². The molecule has 2 saturated heterocycles. The third-order valence-electron chi connectivity index (χ3n) is 11.8. The van der Waals surface area contributed by atoms with Crippen LogP contribution in [-0.2, 0) is 23.7 Å². The topological polar surface area (TPSA) is 228 Å². The average Bonchev–Trinajstić information content (AvgIpc) is 3.28. The fourth-order valence-corrected chi connectivity index (χ4v) is 7.71. The summed E-state index contributed by atoms with van der Waals surface area (Å²) in [4.78, 5) is 13.1. The second kappa shape index (κ2) is 36.1. The van der Waals surface area contributed by atoms with Crippen molar-refractivity contribution in [1.29, 1.82) is 0 Å². The molecule has 1 amide bonds. The number of aliphatic hydroxyl groups is 8. The highest BCUT2D eigenvalue weighted by atomic mass is 16.7. The lowest BCUT2D eigenvalue weighted by molar-refractivity contribution is -0.359. The van der Waals surface area contributed by atoms with Gasteiger partial charge in [-0.2, -0.15) is 0 Å². The van der Waals surface area contributed by atoms with E-state index in [9.17, 15) is 45.6 Å². The molecule has 0 radical (unpaired) electrons. The molecule has 14 heteroatoms. The molecule has 2 aliphatic rings. The maximum absolute atomic E-state index is 13.1. The second-order valence-corrected chi connectivity index (χ2v) is 17.2. The number of amides is 1. The fraction of sp³-hybridized carbons (Fsp3) is 0.816. The van der Waals surface area contributed by atoms with E-state index in [2.05, 4.69) is 55.6 Å². The van der Waals surface area contributed by atoms with E-state index in [-0.39, 0.29) is 18.9 Å². The van der Waals surface area contributed by atoms with Crippen LogP contribution >= 0.6 is 0 Å². The molecule has 0 aromatic carbocycles. The fourth-order valence-electron chi connectivity index (χ4n) is 7.71. The minimum Gasteiger partial charge on any atom is -0.394 e. The van der Waals surface area contributed by atoms with Gasteiger partial charge in [-0.25, -0.2) is 0 Å². The summed E-state index contributed by atoms with van der Waals surface area (Å²) in [7, 11) is 0. The Morgan fingerprint density at radius 2 is 1.05 bits per heavy atom. The molecular weight excluding hydrogens is 811 g/mol. The monoisotopic (exact) mass is 898 g/mol. The summed E-state index contributed by atoms with van der Waals surface area (Å²) in [6, 6.07) is -0.920. The van der Waals surface area contributed by atoms with Crippen LogP contribution < -0.4 is 5.32 Å². The van der Waals surface area contributed by atoms with Gasteiger partial charge in [0.25, 0.3) is 0 Å². The first-order chi connectivity index (χ1) is 30.6. The Labute approximate surface area is 378 Å². The molecule has 0 saturated carbocycles. The molecule has 12 atom stereocenters. The van der Waals surface area contributed by atoms with Crippen LogP contribution in [0.4, 0.5) is 0 Å². The quantitative estimate of drug-likeness (QED) is 0.0272. The molecule has 2 heterocycles. The van der Waals surface area contributed by atoms with Crippen molar-refractivity contribution in [1.82, 2.24) is 5.32 Å². The number of hydrogen-bond acceptors (Lipinski definition) is 13. The van der Waals surface area contributed by atoms with Crippen LogP contribution in [0.2, 0.25) is 0 Å². The summed E-state index contributed by atoms with van der Waals surface area (Å²) in [6.07, 6.45) is 24.4. The number of nitrogens with one attached hydrogen (secondary N) is 1. The van der Waals surface area contributed by atoms with Crippen molar-refractivity contribution in [3.8, 4) is 0 Å². The maximum Gasteiger partial charge on any atom is 0.220 e. The highest BCUT2D eigenvalue weighted by Gasteiger charge is 2.51. The van der Waals surface area contributed by atoms with E-state index in [1.807, 2.05) is 6.08 Å². The minimum absolute atomic E-state index is 0.257. The van der Waals surface area contributed by atoms with Gasteiger partial charge in [0.05, 0.1) is 32.0 Å². The molecule has 63 heavy (non-hydrogen) atoms. The van der Waals surface area contributed by atoms with Crippen LogP contribution in [0.25, 0.3) is 0 Å². The van der Waals surface area contributed by atoms with E-state index in [1.54, 1.807) is 6.08 Å². The number of unbranched alkanes of at least 4 members (excludes halogenated alkanes) is 17. The lowest BCUT2D eigenvalue weighted by atomic mass is 9.97. The molecule has 9 N–H and O–H groups in total. The highest BCUT2D eigenvalue weighted by molar-refractivity contribution is 5.76. The van der Waals surface area contributed by atoms with E-state index in [0.29, 0.717) is 6.42 Å². The first kappa shape index (κ1) is 57.1. The standard InChI is InChI=1S/C49H87NO13/c1-3-5-7-9-11-13-15-16-17-18-19-20-21-22-23-25-27-29-31-33-41(54)50-37(38(53)32-30-28-26-24-14-12-10-8-6-4-2)36-60-48-46(59)44(57)47(40(35-52)62-48)63-49-45(58)43(56)42(55)39(34-51)61-49/h11,13,16-17,19-20,30,32,37-40,42-49,51-53,55-59H,3-10,12,14-15,18,21-29,31,33-36H2,1-2H3,(H,50,54)/b13-11-,17-16-,20-19-,32-30+. The SMILES string of the molecule is CCCCC/C=C\C/C=C\C/C=C\CCCCCCCCC(=O)NC(COC1OC(CO)C(OC2OC(CO)C(O)C(O)C2O)C(O)C1O)C(O)/C=C/CCCCCCCCCC. The first-order valence-electron chi connectivity index (χ1n) is 24.4. The summed E-state index contributed by atoms with van der Waals surface area (Å²) in [5.41, 5.74) is 0. The van der Waals surface area contributed by atoms with Gasteiger partial charge in [0.2, 0.25) is 5.91 Å².